The predicted molar refractivity (Wildman–Crippen MR) is 148 cm³/mol. The average molecular weight is 565 g/mol. The Morgan fingerprint density at radius 3 is 2.26 bits per heavy atom. The number of fused-ring (bicyclic) bond motifs is 2. The lowest BCUT2D eigenvalue weighted by molar-refractivity contribution is -0.139. The molecule has 2 unspecified atom stereocenters. The van der Waals surface area contributed by atoms with Crippen molar-refractivity contribution in [3.8, 4) is 0 Å². The van der Waals surface area contributed by atoms with Crippen molar-refractivity contribution in [2.75, 3.05) is 25.1 Å². The Morgan fingerprint density at radius 1 is 1.08 bits per heavy atom. The van der Waals surface area contributed by atoms with Crippen molar-refractivity contribution in [3.63, 3.8) is 0 Å². The fraction of sp³-hybridized carbons (Fsp3) is 0.414. The minimum atomic E-state index is -4.60. The molecule has 212 valence electrons. The van der Waals surface area contributed by atoms with E-state index in [1.807, 2.05) is 6.92 Å². The summed E-state index contributed by atoms with van der Waals surface area (Å²) in [6.45, 7) is 10.0. The molecule has 2 heterocycles. The smallest absolute Gasteiger partial charge is 0.416 e. The molecule has 0 saturated carbocycles. The summed E-state index contributed by atoms with van der Waals surface area (Å²) in [6, 6.07) is 13.2. The van der Waals surface area contributed by atoms with Gasteiger partial charge in [-0.05, 0) is 63.4 Å². The van der Waals surface area contributed by atoms with Gasteiger partial charge in [-0.1, -0.05) is 37.3 Å². The molecule has 1 N–H and O–H groups in total. The first-order valence-corrected chi connectivity index (χ1v) is 14.3. The highest BCUT2D eigenvalue weighted by Gasteiger charge is 2.50. The highest BCUT2D eigenvalue weighted by Crippen LogP contribution is 2.57. The second-order valence-electron chi connectivity index (χ2n) is 9.55. The molecule has 2 aromatic rings. The minimum absolute atomic E-state index is 0.0600. The molecule has 0 aromatic heterocycles. The van der Waals surface area contributed by atoms with Crippen LogP contribution in [0.2, 0.25) is 0 Å². The maximum Gasteiger partial charge on any atom is 0.416 e. The molecule has 6 nitrogen and oxygen atoms in total. The molecule has 39 heavy (non-hydrogen) atoms. The Morgan fingerprint density at radius 2 is 1.74 bits per heavy atom. The lowest BCUT2D eigenvalue weighted by Crippen LogP contribution is -2.43. The monoisotopic (exact) mass is 564 g/mol. The van der Waals surface area contributed by atoms with Crippen LogP contribution in [-0.2, 0) is 32.2 Å². The first-order chi connectivity index (χ1) is 18.3. The van der Waals surface area contributed by atoms with Crippen molar-refractivity contribution in [2.45, 2.75) is 59.2 Å². The molecular weight excluding hydrogens is 528 g/mol. The number of alkyl halides is 3. The summed E-state index contributed by atoms with van der Waals surface area (Å²) in [4.78, 5) is 27.3. The van der Waals surface area contributed by atoms with Crippen molar-refractivity contribution in [3.05, 3.63) is 87.5 Å². The fourth-order valence-corrected chi connectivity index (χ4v) is 6.92. The lowest BCUT2D eigenvalue weighted by Gasteiger charge is -2.45. The zero-order valence-electron chi connectivity index (χ0n) is 23.1. The van der Waals surface area contributed by atoms with Crippen LogP contribution in [0.4, 0.5) is 18.9 Å². The van der Waals surface area contributed by atoms with E-state index in [2.05, 4.69) is 36.2 Å². The highest BCUT2D eigenvalue weighted by molar-refractivity contribution is 7.43. The van der Waals surface area contributed by atoms with Gasteiger partial charge in [0.1, 0.15) is 0 Å². The number of ether oxygens (including phenoxy) is 1. The van der Waals surface area contributed by atoms with Crippen LogP contribution >= 0.6 is 8.03 Å². The third-order valence-electron chi connectivity index (χ3n) is 7.38. The van der Waals surface area contributed by atoms with Gasteiger partial charge < -0.3 is 19.4 Å². The number of carbonyl (C=O) groups excluding carboxylic acids is 1. The number of halogens is 3. The Labute approximate surface area is 228 Å². The summed E-state index contributed by atoms with van der Waals surface area (Å²) >= 11 is 0. The molecule has 0 spiro atoms. The van der Waals surface area contributed by atoms with Crippen LogP contribution < -0.4 is 4.90 Å². The van der Waals surface area contributed by atoms with Crippen molar-refractivity contribution < 1.29 is 32.2 Å². The number of esters is 1. The van der Waals surface area contributed by atoms with Crippen LogP contribution in [-0.4, -0.2) is 36.0 Å². The molecule has 2 aromatic carbocycles. The normalized spacial score (nSPS) is 19.6. The van der Waals surface area contributed by atoms with Crippen molar-refractivity contribution in [2.24, 2.45) is 0 Å². The third-order valence-corrected chi connectivity index (χ3v) is 8.60. The molecule has 10 heteroatoms. The summed E-state index contributed by atoms with van der Waals surface area (Å²) in [5, 5.41) is 0.0600. The second-order valence-corrected chi connectivity index (χ2v) is 10.7. The lowest BCUT2D eigenvalue weighted by atomic mass is 9.68. The number of anilines is 1. The summed E-state index contributed by atoms with van der Waals surface area (Å²) in [5.41, 5.74) is 1.58. The number of hydrogen-bond acceptors (Lipinski definition) is 5. The van der Waals surface area contributed by atoms with Gasteiger partial charge in [0.15, 0.2) is 0 Å². The number of allylic oxidation sites excluding steroid dienone is 3. The first-order valence-electron chi connectivity index (χ1n) is 12.9. The van der Waals surface area contributed by atoms with E-state index in [-0.39, 0.29) is 29.5 Å². The van der Waals surface area contributed by atoms with E-state index in [9.17, 15) is 27.4 Å². The van der Waals surface area contributed by atoms with Crippen LogP contribution in [0.3, 0.4) is 0 Å². The molecule has 2 aliphatic rings. The quantitative estimate of drug-likeness (QED) is 0.305. The largest absolute Gasteiger partial charge is 0.463 e. The zero-order valence-corrected chi connectivity index (χ0v) is 24.1. The van der Waals surface area contributed by atoms with Crippen molar-refractivity contribution in [1.29, 1.82) is 0 Å². The minimum Gasteiger partial charge on any atom is -0.463 e. The van der Waals surface area contributed by atoms with Gasteiger partial charge in [-0.2, -0.15) is 13.2 Å². The number of nitrogens with zero attached hydrogens (tertiary/aromatic N) is 2. The van der Waals surface area contributed by atoms with E-state index in [0.29, 0.717) is 17.9 Å². The van der Waals surface area contributed by atoms with Crippen LogP contribution in [0.1, 0.15) is 57.7 Å². The molecule has 4 rings (SSSR count). The van der Waals surface area contributed by atoms with E-state index in [4.69, 9.17) is 4.74 Å². The molecule has 0 radical (unpaired) electrons. The standard InChI is InChI=1S/C21H27F3NO4P.C8H9N/c1-6-20(15-10-9-11-16(12-15)21(22,23)24)17(19(26)29-8-3)13(4)25(7-2)14(5)18(20)30(27)28;1-9-6-7-3-2-4-8(9)5-7/h9-12,30H,6-8H2,1-5H3,(H,27,28);2-5H,6H2,1H3. The Bertz CT molecular complexity index is 1320. The number of hydrogen-bond donors (Lipinski definition) is 1. The van der Waals surface area contributed by atoms with Crippen LogP contribution in [0.15, 0.2) is 70.8 Å². The van der Waals surface area contributed by atoms with Crippen LogP contribution in [0.5, 0.6) is 0 Å². The molecule has 2 bridgehead atoms. The maximum absolute atomic E-state index is 13.4. The summed E-state index contributed by atoms with van der Waals surface area (Å²) in [7, 11) is -1.26. The fourth-order valence-electron chi connectivity index (χ4n) is 5.67. The molecule has 2 atom stereocenters. The van der Waals surface area contributed by atoms with Gasteiger partial charge in [0, 0.05) is 42.5 Å². The van der Waals surface area contributed by atoms with Gasteiger partial charge >= 0.3 is 12.1 Å². The van der Waals surface area contributed by atoms with Gasteiger partial charge in [-0.25, -0.2) is 4.79 Å². The topological polar surface area (TPSA) is 70.1 Å². The van der Waals surface area contributed by atoms with E-state index in [1.54, 1.807) is 32.6 Å². The van der Waals surface area contributed by atoms with E-state index in [1.165, 1.54) is 23.4 Å². The molecule has 0 saturated heterocycles. The molecule has 0 amide bonds. The predicted octanol–water partition coefficient (Wildman–Crippen LogP) is 6.86. The third kappa shape index (κ3) is 5.80. The highest BCUT2D eigenvalue weighted by atomic mass is 31.1. The van der Waals surface area contributed by atoms with Gasteiger partial charge in [0.25, 0.3) is 0 Å². The van der Waals surface area contributed by atoms with Gasteiger partial charge in [-0.15, -0.1) is 0 Å². The van der Waals surface area contributed by atoms with E-state index >= 15 is 0 Å². The summed E-state index contributed by atoms with van der Waals surface area (Å²) in [5.74, 6) is -0.707. The first kappa shape index (κ1) is 30.5. The SMILES string of the molecule is CCOC(=O)C1=C(C)N(CC)C(C)=C([PH](=O)O)C1(CC)c1cccc(C(F)(F)F)c1.CN1Cc2cccc1c2. The van der Waals surface area contributed by atoms with Crippen molar-refractivity contribution >= 4 is 19.7 Å². The number of benzene rings is 2. The van der Waals surface area contributed by atoms with Gasteiger partial charge in [0.2, 0.25) is 8.03 Å². The summed E-state index contributed by atoms with van der Waals surface area (Å²) < 4.78 is 58.1. The molecule has 2 aliphatic heterocycles. The van der Waals surface area contributed by atoms with Crippen LogP contribution in [0, 0.1) is 0 Å². The van der Waals surface area contributed by atoms with Gasteiger partial charge in [-0.3, -0.25) is 4.57 Å². The Balaban J connectivity index is 0.000000387. The number of rotatable bonds is 6. The van der Waals surface area contributed by atoms with Gasteiger partial charge in [0.05, 0.1) is 23.2 Å². The number of carbonyl (C=O) groups is 1. The molecular formula is C29H36F3N2O4P. The summed E-state index contributed by atoms with van der Waals surface area (Å²) in [6.07, 6.45) is -4.48. The van der Waals surface area contributed by atoms with E-state index in [0.717, 1.165) is 18.7 Å². The van der Waals surface area contributed by atoms with Crippen molar-refractivity contribution in [1.82, 2.24) is 4.90 Å². The zero-order chi connectivity index (χ0) is 29.1. The Kier molecular flexibility index (Phi) is 9.39. The van der Waals surface area contributed by atoms with E-state index < -0.39 is 31.2 Å². The maximum atomic E-state index is 13.4. The molecule has 0 fully saturated rings. The average Bonchev–Trinajstić information content (AvgIpc) is 3.13. The molecule has 0 aliphatic carbocycles. The Hall–Kier alpha value is -3.03. The van der Waals surface area contributed by atoms with Crippen LogP contribution in [0.25, 0.3) is 0 Å². The second kappa shape index (κ2) is 12.0.